The molecular formula is C34H48N6O2. The number of benzene rings is 1. The molecule has 1 amide bonds. The summed E-state index contributed by atoms with van der Waals surface area (Å²) in [6.45, 7) is 11.2. The summed E-state index contributed by atoms with van der Waals surface area (Å²) in [5.74, 6) is 0.614. The first-order valence-electron chi connectivity index (χ1n) is 16.1. The lowest BCUT2D eigenvalue weighted by molar-refractivity contribution is 0.0793. The Morgan fingerprint density at radius 3 is 2.52 bits per heavy atom. The third kappa shape index (κ3) is 6.56. The average molecular weight is 573 g/mol. The molecule has 1 aliphatic carbocycles. The molecule has 0 atom stereocenters. The van der Waals surface area contributed by atoms with Gasteiger partial charge in [-0.05, 0) is 134 Å². The molecule has 3 aliphatic rings. The minimum absolute atomic E-state index is 0.290. The van der Waals surface area contributed by atoms with Gasteiger partial charge in [0.1, 0.15) is 5.69 Å². The van der Waals surface area contributed by atoms with Crippen LogP contribution >= 0.6 is 0 Å². The molecule has 6 rings (SSSR count). The van der Waals surface area contributed by atoms with Gasteiger partial charge in [0.25, 0.3) is 5.91 Å². The highest BCUT2D eigenvalue weighted by Gasteiger charge is 2.36. The number of hydrogen-bond donors (Lipinski definition) is 3. The molecule has 3 fully saturated rings. The summed E-state index contributed by atoms with van der Waals surface area (Å²) >= 11 is 0. The number of anilines is 1. The number of nitrogens with zero attached hydrogens (tertiary/aromatic N) is 4. The summed E-state index contributed by atoms with van der Waals surface area (Å²) < 4.78 is 2.11. The van der Waals surface area contributed by atoms with Gasteiger partial charge in [-0.25, -0.2) is 4.98 Å². The molecule has 2 aliphatic heterocycles. The number of piperidine rings is 2. The SMILES string of the molecule is Cc1cccc(C(=O)Nc2cc3cn(C4CCN(CCC5CCC6(CCNCC6)CC5)CC4)nc3cc2C(C)(C)O)n1. The Hall–Kier alpha value is -2.81. The lowest BCUT2D eigenvalue weighted by Crippen LogP contribution is -2.40. The fourth-order valence-electron chi connectivity index (χ4n) is 7.55. The van der Waals surface area contributed by atoms with E-state index in [1.165, 1.54) is 64.6 Å². The largest absolute Gasteiger partial charge is 0.386 e. The number of carbonyl (C=O) groups excluding carboxylic acids is 1. The number of likely N-dealkylation sites (tertiary alicyclic amines) is 1. The number of hydrogen-bond acceptors (Lipinski definition) is 6. The molecule has 8 heteroatoms. The monoisotopic (exact) mass is 572 g/mol. The zero-order valence-electron chi connectivity index (χ0n) is 25.7. The molecule has 1 aromatic carbocycles. The Morgan fingerprint density at radius 1 is 1.10 bits per heavy atom. The molecule has 3 N–H and O–H groups in total. The number of aryl methyl sites for hydroxylation is 1. The highest BCUT2D eigenvalue weighted by Crippen LogP contribution is 2.46. The second kappa shape index (κ2) is 12.1. The zero-order valence-corrected chi connectivity index (χ0v) is 25.7. The highest BCUT2D eigenvalue weighted by molar-refractivity contribution is 6.04. The second-order valence-electron chi connectivity index (χ2n) is 13.8. The molecule has 2 aromatic heterocycles. The molecule has 226 valence electrons. The van der Waals surface area contributed by atoms with Gasteiger partial charge in [-0.1, -0.05) is 6.07 Å². The van der Waals surface area contributed by atoms with Crippen LogP contribution in [0, 0.1) is 18.3 Å². The van der Waals surface area contributed by atoms with Crippen molar-refractivity contribution >= 4 is 22.5 Å². The molecule has 0 radical (unpaired) electrons. The van der Waals surface area contributed by atoms with E-state index in [0.717, 1.165) is 48.4 Å². The van der Waals surface area contributed by atoms with E-state index in [1.807, 2.05) is 31.2 Å². The molecule has 1 spiro atoms. The van der Waals surface area contributed by atoms with Crippen molar-refractivity contribution in [3.8, 4) is 0 Å². The van der Waals surface area contributed by atoms with Gasteiger partial charge >= 0.3 is 0 Å². The van der Waals surface area contributed by atoms with Crippen LogP contribution in [0.2, 0.25) is 0 Å². The van der Waals surface area contributed by atoms with Crippen molar-refractivity contribution in [1.29, 1.82) is 0 Å². The number of nitrogens with one attached hydrogen (secondary N) is 2. The summed E-state index contributed by atoms with van der Waals surface area (Å²) in [5, 5.41) is 23.4. The van der Waals surface area contributed by atoms with Crippen LogP contribution in [0.3, 0.4) is 0 Å². The summed E-state index contributed by atoms with van der Waals surface area (Å²) in [6.07, 6.45) is 14.1. The number of aliphatic hydroxyl groups is 1. The zero-order chi connectivity index (χ0) is 29.3. The molecular weight excluding hydrogens is 524 g/mol. The fraction of sp³-hybridized carbons (Fsp3) is 0.618. The molecule has 0 bridgehead atoms. The van der Waals surface area contributed by atoms with Crippen LogP contribution in [-0.2, 0) is 5.60 Å². The van der Waals surface area contributed by atoms with E-state index in [2.05, 4.69) is 31.4 Å². The van der Waals surface area contributed by atoms with Crippen molar-refractivity contribution in [3.05, 3.63) is 53.5 Å². The summed E-state index contributed by atoms with van der Waals surface area (Å²) in [6, 6.07) is 9.61. The van der Waals surface area contributed by atoms with E-state index in [-0.39, 0.29) is 5.91 Å². The molecule has 42 heavy (non-hydrogen) atoms. The maximum atomic E-state index is 13.0. The maximum Gasteiger partial charge on any atom is 0.274 e. The highest BCUT2D eigenvalue weighted by atomic mass is 16.3. The second-order valence-corrected chi connectivity index (χ2v) is 13.8. The van der Waals surface area contributed by atoms with E-state index in [0.29, 0.717) is 28.4 Å². The van der Waals surface area contributed by atoms with Gasteiger partial charge in [-0.15, -0.1) is 0 Å². The molecule has 3 aromatic rings. The summed E-state index contributed by atoms with van der Waals surface area (Å²) in [7, 11) is 0. The Labute approximate surface area is 250 Å². The molecule has 2 saturated heterocycles. The minimum Gasteiger partial charge on any atom is -0.386 e. The van der Waals surface area contributed by atoms with Gasteiger partial charge in [0.2, 0.25) is 0 Å². The summed E-state index contributed by atoms with van der Waals surface area (Å²) in [4.78, 5) is 20.0. The van der Waals surface area contributed by atoms with Crippen molar-refractivity contribution in [1.82, 2.24) is 25.0 Å². The van der Waals surface area contributed by atoms with Crippen molar-refractivity contribution < 1.29 is 9.90 Å². The standard InChI is InChI=1S/C34H48N6O2/c1-24-5-4-6-29(36-24)32(41)37-31-21-26-23-40(38-30(26)22-28(31)33(2,3)42)27-10-19-39(20-11-27)18-9-25-7-12-34(13-8-25)14-16-35-17-15-34/h4-6,21-23,25,27,35,42H,7-20H2,1-3H3,(H,37,41). The smallest absolute Gasteiger partial charge is 0.274 e. The number of carbonyl (C=O) groups is 1. The van der Waals surface area contributed by atoms with E-state index < -0.39 is 5.60 Å². The molecule has 8 nitrogen and oxygen atoms in total. The number of amides is 1. The van der Waals surface area contributed by atoms with Crippen LogP contribution in [0.25, 0.3) is 10.9 Å². The minimum atomic E-state index is -1.14. The first-order valence-corrected chi connectivity index (χ1v) is 16.1. The van der Waals surface area contributed by atoms with Crippen LogP contribution < -0.4 is 10.6 Å². The first-order chi connectivity index (χ1) is 20.2. The van der Waals surface area contributed by atoms with E-state index in [9.17, 15) is 9.90 Å². The lowest BCUT2D eigenvalue weighted by atomic mass is 9.65. The maximum absolute atomic E-state index is 13.0. The van der Waals surface area contributed by atoms with Crippen molar-refractivity contribution in [2.45, 2.75) is 90.2 Å². The van der Waals surface area contributed by atoms with Gasteiger partial charge < -0.3 is 20.6 Å². The van der Waals surface area contributed by atoms with Crippen LogP contribution in [0.1, 0.15) is 99.4 Å². The van der Waals surface area contributed by atoms with Crippen LogP contribution in [0.4, 0.5) is 5.69 Å². The van der Waals surface area contributed by atoms with Crippen molar-refractivity contribution in [2.24, 2.45) is 11.3 Å². The van der Waals surface area contributed by atoms with E-state index in [1.54, 1.807) is 19.9 Å². The van der Waals surface area contributed by atoms with Crippen LogP contribution in [-0.4, -0.2) is 63.4 Å². The lowest BCUT2D eigenvalue weighted by Gasteiger charge is -2.43. The van der Waals surface area contributed by atoms with Crippen molar-refractivity contribution in [3.63, 3.8) is 0 Å². The number of pyridine rings is 1. The van der Waals surface area contributed by atoms with Gasteiger partial charge in [0.05, 0.1) is 17.2 Å². The predicted molar refractivity (Wildman–Crippen MR) is 168 cm³/mol. The third-order valence-corrected chi connectivity index (χ3v) is 10.3. The quantitative estimate of drug-likeness (QED) is 0.331. The molecule has 1 saturated carbocycles. The third-order valence-electron chi connectivity index (χ3n) is 10.3. The molecule has 4 heterocycles. The predicted octanol–water partition coefficient (Wildman–Crippen LogP) is 5.81. The Balaban J connectivity index is 1.07. The molecule has 0 unspecified atom stereocenters. The fourth-order valence-corrected chi connectivity index (χ4v) is 7.55. The normalized spacial score (nSPS) is 20.8. The summed E-state index contributed by atoms with van der Waals surface area (Å²) in [5.41, 5.74) is 2.73. The van der Waals surface area contributed by atoms with Crippen molar-refractivity contribution in [2.75, 3.05) is 38.0 Å². The van der Waals surface area contributed by atoms with Gasteiger partial charge in [-0.2, -0.15) is 5.10 Å². The van der Waals surface area contributed by atoms with E-state index >= 15 is 0 Å². The number of fused-ring (bicyclic) bond motifs is 1. The van der Waals surface area contributed by atoms with Crippen LogP contribution in [0.5, 0.6) is 0 Å². The Kier molecular flexibility index (Phi) is 8.40. The Bertz CT molecular complexity index is 1380. The Morgan fingerprint density at radius 2 is 1.83 bits per heavy atom. The number of rotatable bonds is 7. The first kappa shape index (κ1) is 29.3. The van der Waals surface area contributed by atoms with Crippen LogP contribution in [0.15, 0.2) is 36.5 Å². The van der Waals surface area contributed by atoms with Gasteiger partial charge in [-0.3, -0.25) is 9.48 Å². The van der Waals surface area contributed by atoms with Gasteiger partial charge in [0.15, 0.2) is 0 Å². The number of aromatic nitrogens is 3. The van der Waals surface area contributed by atoms with Gasteiger partial charge in [0, 0.05) is 41.6 Å². The average Bonchev–Trinajstić information content (AvgIpc) is 3.40. The van der Waals surface area contributed by atoms with E-state index in [4.69, 9.17) is 5.10 Å². The topological polar surface area (TPSA) is 95.3 Å².